The Morgan fingerprint density at radius 2 is 1.81 bits per heavy atom. The van der Waals surface area contributed by atoms with Crippen molar-refractivity contribution in [1.82, 2.24) is 9.47 Å². The number of amides is 1. The quantitative estimate of drug-likeness (QED) is 0.667. The highest BCUT2D eigenvalue weighted by molar-refractivity contribution is 5.99. The fourth-order valence-electron chi connectivity index (χ4n) is 4.77. The number of ether oxygens (including phenoxy) is 1. The number of piperidine rings is 2. The van der Waals surface area contributed by atoms with E-state index in [-0.39, 0.29) is 37.9 Å². The van der Waals surface area contributed by atoms with Gasteiger partial charge in [-0.1, -0.05) is 0 Å². The number of aryl methyl sites for hydroxylation is 1. The van der Waals surface area contributed by atoms with E-state index in [1.54, 1.807) is 0 Å². The van der Waals surface area contributed by atoms with Crippen LogP contribution in [-0.2, 0) is 7.05 Å². The summed E-state index contributed by atoms with van der Waals surface area (Å²) in [5.74, 6) is -2.03. The molecule has 7 heteroatoms. The molecule has 0 spiro atoms. The van der Waals surface area contributed by atoms with Crippen molar-refractivity contribution in [1.29, 1.82) is 0 Å². The second-order valence-corrected chi connectivity index (χ2v) is 9.79. The van der Waals surface area contributed by atoms with E-state index in [9.17, 15) is 13.6 Å². The summed E-state index contributed by atoms with van der Waals surface area (Å²) in [4.78, 5) is 14.5. The lowest BCUT2D eigenvalue weighted by molar-refractivity contribution is -0.934. The summed E-state index contributed by atoms with van der Waals surface area (Å²) < 4.78 is 36.1. The first-order valence-electron chi connectivity index (χ1n) is 11.4. The van der Waals surface area contributed by atoms with Gasteiger partial charge in [0.05, 0.1) is 26.2 Å². The number of carbonyl (C=O) groups excluding carboxylic acids is 1. The third kappa shape index (κ3) is 4.43. The van der Waals surface area contributed by atoms with Crippen molar-refractivity contribution >= 4 is 16.8 Å². The predicted molar refractivity (Wildman–Crippen MR) is 118 cm³/mol. The molecule has 2 aliphatic heterocycles. The lowest BCUT2D eigenvalue weighted by Gasteiger charge is -2.43. The van der Waals surface area contributed by atoms with Gasteiger partial charge in [-0.3, -0.25) is 4.79 Å². The molecule has 170 valence electrons. The first-order chi connectivity index (χ1) is 14.6. The second-order valence-electron chi connectivity index (χ2n) is 9.79. The Kier molecular flexibility index (Phi) is 5.75. The average molecular weight is 435 g/mol. The number of fused-ring (bicyclic) bond motifs is 1. The summed E-state index contributed by atoms with van der Waals surface area (Å²) in [7, 11) is 4.17. The van der Waals surface area contributed by atoms with Crippen LogP contribution in [0.15, 0.2) is 24.3 Å². The van der Waals surface area contributed by atoms with Crippen LogP contribution < -0.4 is 4.74 Å². The zero-order chi connectivity index (χ0) is 22.4. The first-order valence-corrected chi connectivity index (χ1v) is 11.4. The van der Waals surface area contributed by atoms with Crippen LogP contribution in [0, 0.1) is 0 Å². The molecule has 0 saturated carbocycles. The van der Waals surface area contributed by atoms with E-state index >= 15 is 0 Å². The SMILES string of the molecule is CC(C)[N+]1(C)CCC(Oc2ccc3c(c2)cc(C(=O)N2CCC(F)(F)CC2)n3C)CC1. The molecule has 0 unspecified atom stereocenters. The monoisotopic (exact) mass is 434 g/mol. The lowest BCUT2D eigenvalue weighted by Crippen LogP contribution is -2.55. The van der Waals surface area contributed by atoms with Gasteiger partial charge in [-0.25, -0.2) is 8.78 Å². The van der Waals surface area contributed by atoms with E-state index in [0.717, 1.165) is 47.1 Å². The van der Waals surface area contributed by atoms with Crippen molar-refractivity contribution in [2.75, 3.05) is 33.2 Å². The minimum absolute atomic E-state index is 0.0944. The maximum atomic E-state index is 13.5. The van der Waals surface area contributed by atoms with Gasteiger partial charge < -0.3 is 18.7 Å². The zero-order valence-electron chi connectivity index (χ0n) is 19.0. The van der Waals surface area contributed by atoms with Gasteiger partial charge in [0.15, 0.2) is 0 Å². The Hall–Kier alpha value is -2.15. The molecule has 0 bridgehead atoms. The van der Waals surface area contributed by atoms with Gasteiger partial charge >= 0.3 is 0 Å². The van der Waals surface area contributed by atoms with Crippen molar-refractivity contribution < 1.29 is 22.8 Å². The Labute approximate surface area is 183 Å². The van der Waals surface area contributed by atoms with Crippen molar-refractivity contribution in [3.63, 3.8) is 0 Å². The molecular weight excluding hydrogens is 400 g/mol. The number of rotatable bonds is 4. The molecule has 2 aliphatic rings. The highest BCUT2D eigenvalue weighted by atomic mass is 19.3. The van der Waals surface area contributed by atoms with Crippen LogP contribution in [0.3, 0.4) is 0 Å². The molecule has 4 rings (SSSR count). The van der Waals surface area contributed by atoms with Crippen LogP contribution in [0.4, 0.5) is 8.78 Å². The van der Waals surface area contributed by atoms with Crippen LogP contribution in [0.25, 0.3) is 10.9 Å². The molecule has 2 fully saturated rings. The second kappa shape index (κ2) is 8.08. The summed E-state index contributed by atoms with van der Waals surface area (Å²) in [5, 5.41) is 0.935. The average Bonchev–Trinajstić information content (AvgIpc) is 3.05. The van der Waals surface area contributed by atoms with Gasteiger partial charge in [0.1, 0.15) is 17.5 Å². The summed E-state index contributed by atoms with van der Waals surface area (Å²) in [6.07, 6.45) is 1.74. The summed E-state index contributed by atoms with van der Waals surface area (Å²) in [5.41, 5.74) is 1.46. The fraction of sp³-hybridized carbons (Fsp3) is 0.625. The number of aromatic nitrogens is 1. The smallest absolute Gasteiger partial charge is 0.270 e. The normalized spacial score (nSPS) is 26.4. The van der Waals surface area contributed by atoms with E-state index in [4.69, 9.17) is 4.74 Å². The maximum Gasteiger partial charge on any atom is 0.270 e. The van der Waals surface area contributed by atoms with E-state index in [1.807, 2.05) is 35.9 Å². The molecule has 2 aromatic rings. The fourth-order valence-corrected chi connectivity index (χ4v) is 4.77. The molecule has 0 atom stereocenters. The number of alkyl halides is 2. The molecule has 0 aliphatic carbocycles. The third-order valence-electron chi connectivity index (χ3n) is 7.49. The summed E-state index contributed by atoms with van der Waals surface area (Å²) in [6.45, 7) is 6.97. The molecule has 0 N–H and O–H groups in total. The van der Waals surface area contributed by atoms with Crippen LogP contribution >= 0.6 is 0 Å². The minimum Gasteiger partial charge on any atom is -0.490 e. The Bertz CT molecular complexity index is 951. The van der Waals surface area contributed by atoms with Crippen LogP contribution in [-0.4, -0.2) is 71.2 Å². The van der Waals surface area contributed by atoms with Gasteiger partial charge in [0.25, 0.3) is 11.8 Å². The topological polar surface area (TPSA) is 34.5 Å². The van der Waals surface area contributed by atoms with Crippen molar-refractivity contribution in [2.24, 2.45) is 7.05 Å². The number of halogens is 2. The molecule has 0 radical (unpaired) electrons. The van der Waals surface area contributed by atoms with E-state index < -0.39 is 5.92 Å². The highest BCUT2D eigenvalue weighted by Gasteiger charge is 2.36. The summed E-state index contributed by atoms with van der Waals surface area (Å²) >= 11 is 0. The number of carbonyl (C=O) groups is 1. The van der Waals surface area contributed by atoms with E-state index in [1.165, 1.54) is 4.90 Å². The first kappa shape index (κ1) is 22.1. The molecule has 1 aromatic heterocycles. The Morgan fingerprint density at radius 1 is 1.16 bits per heavy atom. The van der Waals surface area contributed by atoms with Gasteiger partial charge in [0, 0.05) is 56.7 Å². The van der Waals surface area contributed by atoms with Gasteiger partial charge in [-0.2, -0.15) is 0 Å². The Balaban J connectivity index is 1.46. The van der Waals surface area contributed by atoms with E-state index in [2.05, 4.69) is 20.9 Å². The summed E-state index contributed by atoms with van der Waals surface area (Å²) in [6, 6.07) is 8.39. The van der Waals surface area contributed by atoms with Gasteiger partial charge in [-0.05, 0) is 38.1 Å². The number of hydrogen-bond acceptors (Lipinski definition) is 2. The molecule has 31 heavy (non-hydrogen) atoms. The Morgan fingerprint density at radius 3 is 2.42 bits per heavy atom. The van der Waals surface area contributed by atoms with Crippen LogP contribution in [0.2, 0.25) is 0 Å². The molecule has 5 nitrogen and oxygen atoms in total. The number of benzene rings is 1. The number of hydrogen-bond donors (Lipinski definition) is 0. The molecule has 2 saturated heterocycles. The lowest BCUT2D eigenvalue weighted by atomic mass is 10.0. The predicted octanol–water partition coefficient (Wildman–Crippen LogP) is 4.45. The van der Waals surface area contributed by atoms with Crippen molar-refractivity contribution in [3.05, 3.63) is 30.0 Å². The number of quaternary nitrogens is 1. The van der Waals surface area contributed by atoms with Crippen LogP contribution in [0.5, 0.6) is 5.75 Å². The van der Waals surface area contributed by atoms with Crippen LogP contribution in [0.1, 0.15) is 50.0 Å². The third-order valence-corrected chi connectivity index (χ3v) is 7.49. The van der Waals surface area contributed by atoms with Crippen molar-refractivity contribution in [2.45, 2.75) is 57.6 Å². The van der Waals surface area contributed by atoms with Crippen molar-refractivity contribution in [3.8, 4) is 5.75 Å². The highest BCUT2D eigenvalue weighted by Crippen LogP contribution is 2.31. The number of likely N-dealkylation sites (tertiary alicyclic amines) is 2. The van der Waals surface area contributed by atoms with Gasteiger partial charge in [0.2, 0.25) is 0 Å². The van der Waals surface area contributed by atoms with E-state index in [0.29, 0.717) is 11.7 Å². The molecule has 1 amide bonds. The molecule has 3 heterocycles. The molecular formula is C24H34F2N3O2+. The zero-order valence-corrected chi connectivity index (χ0v) is 19.0. The number of nitrogens with zero attached hydrogens (tertiary/aromatic N) is 3. The minimum atomic E-state index is -2.66. The standard InChI is InChI=1S/C24H34F2N3O2/c1-17(2)29(4)13-7-19(8-14-29)31-20-5-6-21-18(15-20)16-22(27(21)3)23(30)28-11-9-24(25,26)10-12-28/h5-6,15-17,19H,7-14H2,1-4H3/q+1. The van der Waals surface area contributed by atoms with Gasteiger partial charge in [-0.15, -0.1) is 0 Å². The molecule has 1 aromatic carbocycles. The maximum absolute atomic E-state index is 13.5. The largest absolute Gasteiger partial charge is 0.490 e.